The zero-order valence-electron chi connectivity index (χ0n) is 16.3. The Kier molecular flexibility index (Phi) is 6.30. The van der Waals surface area contributed by atoms with Crippen LogP contribution in [-0.4, -0.2) is 31.2 Å². The Hall–Kier alpha value is -3.79. The molecule has 0 radical (unpaired) electrons. The maximum atomic E-state index is 13.3. The van der Waals surface area contributed by atoms with Gasteiger partial charge < -0.3 is 9.08 Å². The van der Waals surface area contributed by atoms with E-state index in [0.29, 0.717) is 5.56 Å². The minimum Gasteiger partial charge on any atom is -0.379 e. The van der Waals surface area contributed by atoms with Gasteiger partial charge in [-0.05, 0) is 48.0 Å². The molecule has 0 saturated heterocycles. The third kappa shape index (κ3) is 5.43. The highest BCUT2D eigenvalue weighted by atomic mass is 32.2. The first kappa shape index (κ1) is 21.9. The van der Waals surface area contributed by atoms with E-state index in [4.69, 9.17) is 4.18 Å². The molecule has 8 nitrogen and oxygen atoms in total. The number of carbonyl (C=O) groups is 1. The molecular formula is C21H17FN2O6S. The number of amides is 1. The topological polar surface area (TPSA) is 107 Å². The van der Waals surface area contributed by atoms with Gasteiger partial charge in [0.1, 0.15) is 16.5 Å². The first-order chi connectivity index (χ1) is 14.7. The Labute approximate surface area is 177 Å². The molecule has 0 spiro atoms. The van der Waals surface area contributed by atoms with Crippen LogP contribution in [0.5, 0.6) is 5.75 Å². The third-order valence-electron chi connectivity index (χ3n) is 4.28. The summed E-state index contributed by atoms with van der Waals surface area (Å²) < 4.78 is 43.1. The summed E-state index contributed by atoms with van der Waals surface area (Å²) in [5.74, 6) is -0.807. The summed E-state index contributed by atoms with van der Waals surface area (Å²) in [6, 6.07) is 15.8. The van der Waals surface area contributed by atoms with E-state index < -0.39 is 20.9 Å². The molecule has 0 N–H and O–H groups in total. The number of benzene rings is 3. The predicted molar refractivity (Wildman–Crippen MR) is 110 cm³/mol. The number of hydrogen-bond donors (Lipinski definition) is 0. The number of carbonyl (C=O) groups excluding carboxylic acids is 1. The lowest BCUT2D eigenvalue weighted by atomic mass is 10.1. The molecule has 3 aromatic carbocycles. The molecule has 31 heavy (non-hydrogen) atoms. The molecule has 10 heteroatoms. The highest BCUT2D eigenvalue weighted by Crippen LogP contribution is 2.23. The predicted octanol–water partition coefficient (Wildman–Crippen LogP) is 3.77. The van der Waals surface area contributed by atoms with Crippen LogP contribution >= 0.6 is 0 Å². The van der Waals surface area contributed by atoms with Crippen molar-refractivity contribution < 1.29 is 26.7 Å². The summed E-state index contributed by atoms with van der Waals surface area (Å²) in [6.07, 6.45) is 0. The smallest absolute Gasteiger partial charge is 0.339 e. The second-order valence-corrected chi connectivity index (χ2v) is 8.15. The number of nitro groups is 1. The highest BCUT2D eigenvalue weighted by molar-refractivity contribution is 7.87. The van der Waals surface area contributed by atoms with Gasteiger partial charge in [0, 0.05) is 31.3 Å². The maximum Gasteiger partial charge on any atom is 0.339 e. The molecule has 3 aromatic rings. The molecule has 0 bridgehead atoms. The van der Waals surface area contributed by atoms with Crippen LogP contribution in [0.15, 0.2) is 77.7 Å². The van der Waals surface area contributed by atoms with Gasteiger partial charge >= 0.3 is 10.1 Å². The van der Waals surface area contributed by atoms with Crippen molar-refractivity contribution in [2.75, 3.05) is 7.05 Å². The van der Waals surface area contributed by atoms with Gasteiger partial charge in [0.2, 0.25) is 0 Å². The Morgan fingerprint density at radius 3 is 2.39 bits per heavy atom. The average molecular weight is 444 g/mol. The molecule has 0 aliphatic heterocycles. The van der Waals surface area contributed by atoms with E-state index in [-0.39, 0.29) is 34.3 Å². The van der Waals surface area contributed by atoms with Gasteiger partial charge in [-0.2, -0.15) is 8.42 Å². The number of non-ortho nitro benzene ring substituents is 1. The van der Waals surface area contributed by atoms with Gasteiger partial charge in [-0.25, -0.2) is 4.39 Å². The van der Waals surface area contributed by atoms with Crippen LogP contribution < -0.4 is 4.18 Å². The van der Waals surface area contributed by atoms with Gasteiger partial charge in [-0.1, -0.05) is 18.2 Å². The van der Waals surface area contributed by atoms with Crippen molar-refractivity contribution in [2.45, 2.75) is 11.4 Å². The van der Waals surface area contributed by atoms with Crippen LogP contribution in [-0.2, 0) is 16.7 Å². The Bertz CT molecular complexity index is 1230. The van der Waals surface area contributed by atoms with E-state index in [1.165, 1.54) is 59.5 Å². The summed E-state index contributed by atoms with van der Waals surface area (Å²) >= 11 is 0. The SMILES string of the molecule is CN(Cc1cccc(F)c1)C(=O)c1ccc(OS(=O)(=O)c2cccc([N+](=O)[O-])c2)cc1. The van der Waals surface area contributed by atoms with Gasteiger partial charge in [0.15, 0.2) is 0 Å². The van der Waals surface area contributed by atoms with E-state index >= 15 is 0 Å². The van der Waals surface area contributed by atoms with Crippen molar-refractivity contribution >= 4 is 21.7 Å². The van der Waals surface area contributed by atoms with Crippen molar-refractivity contribution in [3.63, 3.8) is 0 Å². The van der Waals surface area contributed by atoms with Crippen molar-refractivity contribution in [1.82, 2.24) is 4.90 Å². The number of rotatable bonds is 7. The molecule has 0 aliphatic carbocycles. The largest absolute Gasteiger partial charge is 0.379 e. The maximum absolute atomic E-state index is 13.3. The van der Waals surface area contributed by atoms with Crippen molar-refractivity contribution in [2.24, 2.45) is 0 Å². The summed E-state index contributed by atoms with van der Waals surface area (Å²) in [5.41, 5.74) is 0.518. The van der Waals surface area contributed by atoms with Gasteiger partial charge in [0.05, 0.1) is 4.92 Å². The van der Waals surface area contributed by atoms with Crippen LogP contribution in [0.4, 0.5) is 10.1 Å². The number of nitro benzene ring substituents is 1. The quantitative estimate of drug-likeness (QED) is 0.312. The standard InChI is InChI=1S/C21H17FN2O6S/c1-23(14-15-4-2-5-17(22)12-15)21(25)16-8-10-19(11-9-16)30-31(28,29)20-7-3-6-18(13-20)24(26)27/h2-13H,14H2,1H3. The van der Waals surface area contributed by atoms with Crippen LogP contribution in [0.25, 0.3) is 0 Å². The molecule has 0 heterocycles. The van der Waals surface area contributed by atoms with E-state index in [1.54, 1.807) is 19.2 Å². The monoisotopic (exact) mass is 444 g/mol. The highest BCUT2D eigenvalue weighted by Gasteiger charge is 2.20. The lowest BCUT2D eigenvalue weighted by Gasteiger charge is -2.17. The van der Waals surface area contributed by atoms with Gasteiger partial charge in [0.25, 0.3) is 11.6 Å². The Balaban J connectivity index is 1.71. The van der Waals surface area contributed by atoms with Crippen LogP contribution in [0.1, 0.15) is 15.9 Å². The molecule has 3 rings (SSSR count). The van der Waals surface area contributed by atoms with E-state index in [1.807, 2.05) is 0 Å². The molecule has 0 aliphatic rings. The second-order valence-electron chi connectivity index (χ2n) is 6.61. The van der Waals surface area contributed by atoms with E-state index in [0.717, 1.165) is 6.07 Å². The van der Waals surface area contributed by atoms with Crippen molar-refractivity contribution in [3.05, 3.63) is 99.9 Å². The van der Waals surface area contributed by atoms with E-state index in [2.05, 4.69) is 0 Å². The molecule has 160 valence electrons. The summed E-state index contributed by atoms with van der Waals surface area (Å²) in [6.45, 7) is 0.190. The second kappa shape index (κ2) is 8.92. The zero-order chi connectivity index (χ0) is 22.6. The van der Waals surface area contributed by atoms with Crippen LogP contribution in [0.2, 0.25) is 0 Å². The van der Waals surface area contributed by atoms with Gasteiger partial charge in [-0.15, -0.1) is 0 Å². The van der Waals surface area contributed by atoms with Crippen molar-refractivity contribution in [3.8, 4) is 5.75 Å². The third-order valence-corrected chi connectivity index (χ3v) is 5.52. The number of nitrogens with zero attached hydrogens (tertiary/aromatic N) is 2. The average Bonchev–Trinajstić information content (AvgIpc) is 2.73. The lowest BCUT2D eigenvalue weighted by Crippen LogP contribution is -2.26. The Morgan fingerprint density at radius 2 is 1.74 bits per heavy atom. The molecule has 0 atom stereocenters. The summed E-state index contributed by atoms with van der Waals surface area (Å²) in [5, 5.41) is 10.8. The van der Waals surface area contributed by atoms with Crippen molar-refractivity contribution in [1.29, 1.82) is 0 Å². The normalized spacial score (nSPS) is 11.0. The molecular weight excluding hydrogens is 427 g/mol. The zero-order valence-corrected chi connectivity index (χ0v) is 17.1. The molecule has 0 aromatic heterocycles. The van der Waals surface area contributed by atoms with Crippen LogP contribution in [0.3, 0.4) is 0 Å². The number of hydrogen-bond acceptors (Lipinski definition) is 6. The summed E-state index contributed by atoms with van der Waals surface area (Å²) in [7, 11) is -2.74. The first-order valence-corrected chi connectivity index (χ1v) is 10.4. The number of halogens is 1. The molecule has 1 amide bonds. The summed E-state index contributed by atoms with van der Waals surface area (Å²) in [4.78, 5) is 23.7. The molecule has 0 unspecified atom stereocenters. The minimum atomic E-state index is -4.30. The van der Waals surface area contributed by atoms with Gasteiger partial charge in [-0.3, -0.25) is 14.9 Å². The fraction of sp³-hybridized carbons (Fsp3) is 0.0952. The lowest BCUT2D eigenvalue weighted by molar-refractivity contribution is -0.385. The van der Waals surface area contributed by atoms with E-state index in [9.17, 15) is 27.7 Å². The fourth-order valence-electron chi connectivity index (χ4n) is 2.78. The molecule has 0 saturated carbocycles. The van der Waals surface area contributed by atoms with Crippen LogP contribution in [0, 0.1) is 15.9 Å². The first-order valence-electron chi connectivity index (χ1n) is 8.94. The molecule has 0 fully saturated rings. The fourth-order valence-corrected chi connectivity index (χ4v) is 3.75. The Morgan fingerprint density at radius 1 is 1.06 bits per heavy atom. The minimum absolute atomic E-state index is 0.0594.